The SMILES string of the molecule is COCCN(C)S(=O)(=O)NC(CN)C1CC1. The molecule has 0 aromatic carbocycles. The Morgan fingerprint density at radius 1 is 1.56 bits per heavy atom. The van der Waals surface area contributed by atoms with Crippen molar-refractivity contribution in [2.45, 2.75) is 18.9 Å². The van der Waals surface area contributed by atoms with Crippen LogP contribution >= 0.6 is 0 Å². The van der Waals surface area contributed by atoms with E-state index in [1.54, 1.807) is 7.11 Å². The van der Waals surface area contributed by atoms with Crippen molar-refractivity contribution in [3.05, 3.63) is 0 Å². The predicted molar refractivity (Wildman–Crippen MR) is 62.1 cm³/mol. The third-order valence-electron chi connectivity index (χ3n) is 2.77. The van der Waals surface area contributed by atoms with Crippen LogP contribution in [0, 0.1) is 5.92 Å². The molecular weight excluding hydrogens is 230 g/mol. The summed E-state index contributed by atoms with van der Waals surface area (Å²) in [6.07, 6.45) is 2.12. The van der Waals surface area contributed by atoms with Crippen molar-refractivity contribution in [2.24, 2.45) is 11.7 Å². The molecule has 1 unspecified atom stereocenters. The van der Waals surface area contributed by atoms with Gasteiger partial charge in [0.25, 0.3) is 10.2 Å². The number of nitrogens with two attached hydrogens (primary N) is 1. The summed E-state index contributed by atoms with van der Waals surface area (Å²) in [6.45, 7) is 1.07. The number of rotatable bonds is 8. The highest BCUT2D eigenvalue weighted by Crippen LogP contribution is 2.32. The fourth-order valence-electron chi connectivity index (χ4n) is 1.46. The van der Waals surface area contributed by atoms with E-state index in [0.717, 1.165) is 12.8 Å². The Morgan fingerprint density at radius 2 is 2.19 bits per heavy atom. The molecule has 16 heavy (non-hydrogen) atoms. The smallest absolute Gasteiger partial charge is 0.279 e. The zero-order chi connectivity index (χ0) is 12.2. The molecule has 1 fully saturated rings. The average molecular weight is 251 g/mol. The van der Waals surface area contributed by atoms with Crippen LogP contribution in [0.3, 0.4) is 0 Å². The topological polar surface area (TPSA) is 84.7 Å². The van der Waals surface area contributed by atoms with Crippen LogP contribution in [-0.4, -0.2) is 52.6 Å². The number of methoxy groups -OCH3 is 1. The maximum atomic E-state index is 11.8. The van der Waals surface area contributed by atoms with Crippen LogP contribution in [0.25, 0.3) is 0 Å². The molecule has 6 nitrogen and oxygen atoms in total. The minimum absolute atomic E-state index is 0.130. The Labute approximate surface area is 97.3 Å². The maximum absolute atomic E-state index is 11.8. The van der Waals surface area contributed by atoms with Crippen LogP contribution in [-0.2, 0) is 14.9 Å². The molecule has 1 rings (SSSR count). The van der Waals surface area contributed by atoms with Gasteiger partial charge in [-0.1, -0.05) is 0 Å². The van der Waals surface area contributed by atoms with Crippen LogP contribution in [0.4, 0.5) is 0 Å². The lowest BCUT2D eigenvalue weighted by atomic mass is 10.2. The molecule has 1 aliphatic rings. The minimum atomic E-state index is -3.43. The number of hydrogen-bond acceptors (Lipinski definition) is 4. The summed E-state index contributed by atoms with van der Waals surface area (Å²) >= 11 is 0. The Kier molecular flexibility index (Phi) is 5.13. The van der Waals surface area contributed by atoms with Gasteiger partial charge in [-0.15, -0.1) is 0 Å². The average Bonchev–Trinajstić information content (AvgIpc) is 3.06. The normalized spacial score (nSPS) is 19.0. The van der Waals surface area contributed by atoms with E-state index in [2.05, 4.69) is 4.72 Å². The number of nitrogens with one attached hydrogen (secondary N) is 1. The summed E-state index contributed by atoms with van der Waals surface area (Å²) in [5.41, 5.74) is 5.55. The van der Waals surface area contributed by atoms with E-state index in [4.69, 9.17) is 10.5 Å². The van der Waals surface area contributed by atoms with Gasteiger partial charge in [0.05, 0.1) is 6.61 Å². The van der Waals surface area contributed by atoms with Gasteiger partial charge in [-0.3, -0.25) is 0 Å². The second-order valence-electron chi connectivity index (χ2n) is 4.12. The zero-order valence-corrected chi connectivity index (χ0v) is 10.7. The Balaban J connectivity index is 2.48. The molecule has 0 bridgehead atoms. The van der Waals surface area contributed by atoms with Gasteiger partial charge >= 0.3 is 0 Å². The summed E-state index contributed by atoms with van der Waals surface area (Å²) in [4.78, 5) is 0. The van der Waals surface area contributed by atoms with Gasteiger partial charge in [-0.05, 0) is 18.8 Å². The highest BCUT2D eigenvalue weighted by Gasteiger charge is 2.33. The van der Waals surface area contributed by atoms with Gasteiger partial charge < -0.3 is 10.5 Å². The van der Waals surface area contributed by atoms with Gasteiger partial charge in [-0.2, -0.15) is 17.4 Å². The molecule has 0 amide bonds. The van der Waals surface area contributed by atoms with Crippen LogP contribution in [0.2, 0.25) is 0 Å². The van der Waals surface area contributed by atoms with Crippen LogP contribution in [0.5, 0.6) is 0 Å². The molecule has 96 valence electrons. The molecule has 0 spiro atoms. The highest BCUT2D eigenvalue weighted by molar-refractivity contribution is 7.87. The maximum Gasteiger partial charge on any atom is 0.279 e. The van der Waals surface area contributed by atoms with Crippen molar-refractivity contribution < 1.29 is 13.2 Å². The second kappa shape index (κ2) is 5.92. The first-order valence-electron chi connectivity index (χ1n) is 5.44. The number of likely N-dealkylation sites (N-methyl/N-ethyl adjacent to an activating group) is 1. The number of nitrogens with zero attached hydrogens (tertiary/aromatic N) is 1. The standard InChI is InChI=1S/C9H21N3O3S/c1-12(5-6-15-2)16(13,14)11-9(7-10)8-3-4-8/h8-9,11H,3-7,10H2,1-2H3. The van der Waals surface area contributed by atoms with Crippen molar-refractivity contribution in [3.8, 4) is 0 Å². The predicted octanol–water partition coefficient (Wildman–Crippen LogP) is -0.864. The van der Waals surface area contributed by atoms with E-state index in [0.29, 0.717) is 25.6 Å². The molecule has 0 aliphatic heterocycles. The molecule has 1 saturated carbocycles. The third-order valence-corrected chi connectivity index (χ3v) is 4.37. The molecule has 3 N–H and O–H groups in total. The molecule has 0 saturated heterocycles. The van der Waals surface area contributed by atoms with Gasteiger partial charge in [0.2, 0.25) is 0 Å². The van der Waals surface area contributed by atoms with Crippen molar-refractivity contribution >= 4 is 10.2 Å². The van der Waals surface area contributed by atoms with Gasteiger partial charge in [0.1, 0.15) is 0 Å². The first-order valence-corrected chi connectivity index (χ1v) is 6.88. The summed E-state index contributed by atoms with van der Waals surface area (Å²) in [7, 11) is -0.354. The Morgan fingerprint density at radius 3 is 2.62 bits per heavy atom. The van der Waals surface area contributed by atoms with E-state index >= 15 is 0 Å². The van der Waals surface area contributed by atoms with Crippen molar-refractivity contribution in [3.63, 3.8) is 0 Å². The van der Waals surface area contributed by atoms with Crippen LogP contribution in [0.15, 0.2) is 0 Å². The fourth-order valence-corrected chi connectivity index (χ4v) is 2.62. The van der Waals surface area contributed by atoms with E-state index in [1.807, 2.05) is 0 Å². The molecule has 7 heteroatoms. The first kappa shape index (κ1) is 13.9. The van der Waals surface area contributed by atoms with Crippen molar-refractivity contribution in [2.75, 3.05) is 33.9 Å². The molecule has 1 aliphatic carbocycles. The van der Waals surface area contributed by atoms with E-state index < -0.39 is 10.2 Å². The fraction of sp³-hybridized carbons (Fsp3) is 1.00. The monoisotopic (exact) mass is 251 g/mol. The Bertz CT molecular complexity index is 303. The second-order valence-corrected chi connectivity index (χ2v) is 5.93. The lowest BCUT2D eigenvalue weighted by molar-refractivity contribution is 0.184. The quantitative estimate of drug-likeness (QED) is 0.588. The zero-order valence-electron chi connectivity index (χ0n) is 9.85. The van der Waals surface area contributed by atoms with Gasteiger partial charge in [0.15, 0.2) is 0 Å². The minimum Gasteiger partial charge on any atom is -0.383 e. The molecule has 0 heterocycles. The summed E-state index contributed by atoms with van der Waals surface area (Å²) in [5.74, 6) is 0.413. The van der Waals surface area contributed by atoms with E-state index in [1.165, 1.54) is 11.4 Å². The lowest BCUT2D eigenvalue weighted by Crippen LogP contribution is -2.48. The number of hydrogen-bond donors (Lipinski definition) is 2. The van der Waals surface area contributed by atoms with E-state index in [-0.39, 0.29) is 6.04 Å². The van der Waals surface area contributed by atoms with E-state index in [9.17, 15) is 8.42 Å². The Hall–Kier alpha value is -0.210. The first-order chi connectivity index (χ1) is 7.51. The van der Waals surface area contributed by atoms with Gasteiger partial charge in [-0.25, -0.2) is 0 Å². The van der Waals surface area contributed by atoms with Gasteiger partial charge in [0, 0.05) is 33.3 Å². The molecular formula is C9H21N3O3S. The van der Waals surface area contributed by atoms with Crippen LogP contribution in [0.1, 0.15) is 12.8 Å². The lowest BCUT2D eigenvalue weighted by Gasteiger charge is -2.22. The van der Waals surface area contributed by atoms with Crippen molar-refractivity contribution in [1.82, 2.24) is 9.03 Å². The highest BCUT2D eigenvalue weighted by atomic mass is 32.2. The molecule has 1 atom stereocenters. The third kappa shape index (κ3) is 3.99. The largest absolute Gasteiger partial charge is 0.383 e. The molecule has 0 aromatic heterocycles. The summed E-state index contributed by atoms with van der Waals surface area (Å²) < 4.78 is 32.4. The summed E-state index contributed by atoms with van der Waals surface area (Å²) in [6, 6.07) is -0.130. The summed E-state index contributed by atoms with van der Waals surface area (Å²) in [5, 5.41) is 0. The van der Waals surface area contributed by atoms with Crippen molar-refractivity contribution in [1.29, 1.82) is 0 Å². The van der Waals surface area contributed by atoms with Crippen LogP contribution < -0.4 is 10.5 Å². The number of ether oxygens (including phenoxy) is 1. The molecule has 0 aromatic rings. The molecule has 0 radical (unpaired) electrons.